The minimum Gasteiger partial charge on any atom is -0.489 e. The largest absolute Gasteiger partial charge is 0.489 e. The number of hydrogen-bond acceptors (Lipinski definition) is 6. The third kappa shape index (κ3) is 5.22. The van der Waals surface area contributed by atoms with Crippen molar-refractivity contribution in [3.05, 3.63) is 65.4 Å². The van der Waals surface area contributed by atoms with Crippen molar-refractivity contribution < 1.29 is 19.1 Å². The lowest BCUT2D eigenvalue weighted by Gasteiger charge is -2.29. The number of piperidine rings is 1. The Labute approximate surface area is 199 Å². The van der Waals surface area contributed by atoms with Crippen molar-refractivity contribution in [2.75, 3.05) is 6.54 Å². The molecule has 8 heteroatoms. The van der Waals surface area contributed by atoms with Gasteiger partial charge in [0.2, 0.25) is 11.8 Å². The van der Waals surface area contributed by atoms with Crippen LogP contribution in [0.3, 0.4) is 0 Å². The molecule has 2 fully saturated rings. The molecule has 2 heterocycles. The molecule has 1 aromatic carbocycles. The fourth-order valence-electron chi connectivity index (χ4n) is 4.81. The molecule has 3 amide bonds. The summed E-state index contributed by atoms with van der Waals surface area (Å²) in [4.78, 5) is 38.1. The molecule has 0 radical (unpaired) electrons. The first-order valence-corrected chi connectivity index (χ1v) is 11.9. The number of benzene rings is 1. The number of carbonyl (C=O) groups is 3. The molecule has 1 aliphatic carbocycles. The van der Waals surface area contributed by atoms with Crippen LogP contribution in [-0.2, 0) is 16.1 Å². The highest BCUT2D eigenvalue weighted by atomic mass is 16.5. The van der Waals surface area contributed by atoms with Gasteiger partial charge in [0.25, 0.3) is 5.91 Å². The van der Waals surface area contributed by atoms with E-state index in [1.54, 1.807) is 17.2 Å². The number of ether oxygens (including phenoxy) is 1. The Bertz CT molecular complexity index is 1050. The Balaban J connectivity index is 1.38. The molecule has 180 valence electrons. The number of rotatable bonds is 8. The van der Waals surface area contributed by atoms with Gasteiger partial charge in [-0.25, -0.2) is 0 Å². The summed E-state index contributed by atoms with van der Waals surface area (Å²) in [5.41, 5.74) is 8.20. The first kappa shape index (κ1) is 23.8. The molecule has 0 bridgehead atoms. The molecular weight excluding hydrogens is 432 g/mol. The van der Waals surface area contributed by atoms with E-state index in [2.05, 4.69) is 10.6 Å². The summed E-state index contributed by atoms with van der Waals surface area (Å²) in [6, 6.07) is 5.10. The topological polar surface area (TPSA) is 114 Å². The molecule has 34 heavy (non-hydrogen) atoms. The lowest BCUT2D eigenvalue weighted by Crippen LogP contribution is -2.52. The van der Waals surface area contributed by atoms with Gasteiger partial charge in [0.1, 0.15) is 17.9 Å². The van der Waals surface area contributed by atoms with Crippen LogP contribution in [0.5, 0.6) is 5.75 Å². The molecule has 1 unspecified atom stereocenters. The van der Waals surface area contributed by atoms with Crippen molar-refractivity contribution in [3.8, 4) is 5.75 Å². The summed E-state index contributed by atoms with van der Waals surface area (Å²) in [6.45, 7) is 2.97. The SMILES string of the molecule is C\C=C/C=C\C(=C/N)CN[C@H]1CCC[C@H]1Oc1ccc2c(c1)CN(C1CCC(=O)NC1=O)C2=O. The van der Waals surface area contributed by atoms with Gasteiger partial charge in [-0.05, 0) is 68.1 Å². The normalized spacial score (nSPS) is 25.4. The molecule has 8 nitrogen and oxygen atoms in total. The summed E-state index contributed by atoms with van der Waals surface area (Å²) < 4.78 is 6.33. The Morgan fingerprint density at radius 1 is 1.24 bits per heavy atom. The van der Waals surface area contributed by atoms with E-state index >= 15 is 0 Å². The van der Waals surface area contributed by atoms with Crippen LogP contribution in [0.25, 0.3) is 0 Å². The van der Waals surface area contributed by atoms with Crippen molar-refractivity contribution >= 4 is 17.7 Å². The van der Waals surface area contributed by atoms with Crippen molar-refractivity contribution in [1.82, 2.24) is 15.5 Å². The third-order valence-corrected chi connectivity index (χ3v) is 6.63. The molecule has 0 aromatic heterocycles. The maximum atomic E-state index is 12.9. The zero-order valence-corrected chi connectivity index (χ0v) is 19.5. The predicted molar refractivity (Wildman–Crippen MR) is 129 cm³/mol. The molecule has 4 rings (SSSR count). The lowest BCUT2D eigenvalue weighted by molar-refractivity contribution is -0.136. The summed E-state index contributed by atoms with van der Waals surface area (Å²) in [5, 5.41) is 5.90. The molecule has 2 aliphatic heterocycles. The fraction of sp³-hybridized carbons (Fsp3) is 0.423. The van der Waals surface area contributed by atoms with E-state index in [1.165, 1.54) is 0 Å². The quantitative estimate of drug-likeness (QED) is 0.402. The number of amides is 3. The molecule has 1 saturated carbocycles. The third-order valence-electron chi connectivity index (χ3n) is 6.63. The smallest absolute Gasteiger partial charge is 0.255 e. The van der Waals surface area contributed by atoms with Gasteiger partial charge in [-0.3, -0.25) is 19.7 Å². The van der Waals surface area contributed by atoms with E-state index in [9.17, 15) is 14.4 Å². The van der Waals surface area contributed by atoms with E-state index in [0.29, 0.717) is 25.1 Å². The van der Waals surface area contributed by atoms with E-state index in [4.69, 9.17) is 10.5 Å². The first-order valence-electron chi connectivity index (χ1n) is 11.9. The minimum atomic E-state index is -0.614. The summed E-state index contributed by atoms with van der Waals surface area (Å²) in [5.74, 6) is -0.148. The molecule has 4 N–H and O–H groups in total. The lowest BCUT2D eigenvalue weighted by atomic mass is 10.0. The van der Waals surface area contributed by atoms with Crippen LogP contribution < -0.4 is 21.1 Å². The highest BCUT2D eigenvalue weighted by Crippen LogP contribution is 2.32. The van der Waals surface area contributed by atoms with Gasteiger partial charge in [0.15, 0.2) is 0 Å². The van der Waals surface area contributed by atoms with Crippen LogP contribution in [0.4, 0.5) is 0 Å². The summed E-state index contributed by atoms with van der Waals surface area (Å²) >= 11 is 0. The van der Waals surface area contributed by atoms with E-state index in [1.807, 2.05) is 43.4 Å². The molecule has 3 aliphatic rings. The van der Waals surface area contributed by atoms with Crippen molar-refractivity contribution in [3.63, 3.8) is 0 Å². The van der Waals surface area contributed by atoms with Crippen LogP contribution in [-0.4, -0.2) is 47.4 Å². The van der Waals surface area contributed by atoms with Gasteiger partial charge in [-0.2, -0.15) is 0 Å². The Morgan fingerprint density at radius 2 is 2.09 bits per heavy atom. The van der Waals surface area contributed by atoms with Crippen molar-refractivity contribution in [2.24, 2.45) is 5.73 Å². The maximum Gasteiger partial charge on any atom is 0.255 e. The average molecular weight is 465 g/mol. The van der Waals surface area contributed by atoms with Crippen LogP contribution in [0, 0.1) is 0 Å². The van der Waals surface area contributed by atoms with Crippen LogP contribution in [0.15, 0.2) is 54.3 Å². The van der Waals surface area contributed by atoms with Crippen molar-refractivity contribution in [1.29, 1.82) is 0 Å². The van der Waals surface area contributed by atoms with Crippen molar-refractivity contribution in [2.45, 2.75) is 63.8 Å². The molecule has 1 aromatic rings. The van der Waals surface area contributed by atoms with Gasteiger partial charge < -0.3 is 20.7 Å². The Morgan fingerprint density at radius 3 is 2.85 bits per heavy atom. The van der Waals surface area contributed by atoms with E-state index < -0.39 is 11.9 Å². The summed E-state index contributed by atoms with van der Waals surface area (Å²) in [7, 11) is 0. The predicted octanol–water partition coefficient (Wildman–Crippen LogP) is 2.31. The zero-order chi connectivity index (χ0) is 24.1. The van der Waals surface area contributed by atoms with Gasteiger partial charge >= 0.3 is 0 Å². The minimum absolute atomic E-state index is 0.0277. The zero-order valence-electron chi connectivity index (χ0n) is 19.5. The van der Waals surface area contributed by atoms with Gasteiger partial charge in [0.05, 0.1) is 0 Å². The second kappa shape index (κ2) is 10.7. The van der Waals surface area contributed by atoms with Crippen LogP contribution in [0.2, 0.25) is 0 Å². The molecule has 3 atom stereocenters. The number of carbonyl (C=O) groups excluding carboxylic acids is 3. The number of nitrogens with one attached hydrogen (secondary N) is 2. The molecule has 0 spiro atoms. The Hall–Kier alpha value is -3.39. The number of nitrogens with two attached hydrogens (primary N) is 1. The first-order chi connectivity index (χ1) is 16.5. The second-order valence-electron chi connectivity index (χ2n) is 8.92. The number of hydrogen-bond donors (Lipinski definition) is 3. The van der Waals surface area contributed by atoms with E-state index in [0.717, 1.165) is 36.1 Å². The van der Waals surface area contributed by atoms with Gasteiger partial charge in [-0.15, -0.1) is 0 Å². The fourth-order valence-corrected chi connectivity index (χ4v) is 4.81. The maximum absolute atomic E-state index is 12.9. The summed E-state index contributed by atoms with van der Waals surface area (Å²) in [6.07, 6.45) is 13.2. The number of fused-ring (bicyclic) bond motifs is 1. The highest BCUT2D eigenvalue weighted by molar-refractivity contribution is 6.05. The number of imide groups is 1. The number of allylic oxidation sites excluding steroid dienone is 3. The molecular formula is C26H32N4O4. The number of nitrogens with zero attached hydrogens (tertiary/aromatic N) is 1. The van der Waals surface area contributed by atoms with Crippen LogP contribution >= 0.6 is 0 Å². The van der Waals surface area contributed by atoms with E-state index in [-0.39, 0.29) is 30.4 Å². The highest BCUT2D eigenvalue weighted by Gasteiger charge is 2.39. The average Bonchev–Trinajstić information content (AvgIpc) is 3.40. The Kier molecular flexibility index (Phi) is 7.47. The monoisotopic (exact) mass is 464 g/mol. The standard InChI is InChI=1S/C26H32N4O4/c1-2-3-4-6-17(14-27)15-28-21-7-5-8-23(21)34-19-9-10-20-18(13-19)16-30(26(20)33)22-11-12-24(31)29-25(22)32/h2-4,6,9-10,13-14,21-23,28H,5,7-8,11-12,15-16,27H2,1H3,(H,29,31,32)/b3-2-,6-4-,17-14+/t21-,22?,23+/m0/s1. The van der Waals surface area contributed by atoms with Gasteiger partial charge in [0, 0.05) is 31.1 Å². The second-order valence-corrected chi connectivity index (χ2v) is 8.92. The van der Waals surface area contributed by atoms with Crippen LogP contribution in [0.1, 0.15) is 54.9 Å². The molecule has 1 saturated heterocycles. The van der Waals surface area contributed by atoms with Gasteiger partial charge in [-0.1, -0.05) is 24.3 Å².